The van der Waals surface area contributed by atoms with E-state index in [2.05, 4.69) is 43.5 Å². The molecule has 4 rings (SSSR count). The number of aliphatic carboxylic acids is 2. The number of aromatic amines is 1. The maximum atomic E-state index is 14.4. The minimum absolute atomic E-state index is 0.0467. The smallest absolute Gasteiger partial charge is 0.327 e. The van der Waals surface area contributed by atoms with Gasteiger partial charge < -0.3 is 56.7 Å². The lowest BCUT2D eigenvalue weighted by atomic mass is 9.94. The van der Waals surface area contributed by atoms with E-state index in [1.165, 1.54) is 27.8 Å². The second-order valence-electron chi connectivity index (χ2n) is 19.4. The van der Waals surface area contributed by atoms with Crippen LogP contribution in [0, 0.1) is 23.7 Å². The van der Waals surface area contributed by atoms with Gasteiger partial charge in [0.1, 0.15) is 35.9 Å². The summed E-state index contributed by atoms with van der Waals surface area (Å²) < 4.78 is 5.83. The molecule has 0 spiro atoms. The van der Waals surface area contributed by atoms with Crippen molar-refractivity contribution in [3.63, 3.8) is 0 Å². The van der Waals surface area contributed by atoms with Crippen LogP contribution in [0.15, 0.2) is 96.9 Å². The number of allylic oxidation sites excluding steroid dienone is 2. The van der Waals surface area contributed by atoms with E-state index < -0.39 is 120 Å². The van der Waals surface area contributed by atoms with Crippen molar-refractivity contribution < 1.29 is 58.1 Å². The zero-order chi connectivity index (χ0) is 55.0. The summed E-state index contributed by atoms with van der Waals surface area (Å²) in [5, 5.41) is 36.7. The van der Waals surface area contributed by atoms with Crippen molar-refractivity contribution in [1.82, 2.24) is 41.8 Å². The number of hydrogen-bond donors (Lipinski definition) is 9. The van der Waals surface area contributed by atoms with Gasteiger partial charge in [0.2, 0.25) is 35.4 Å². The number of para-hydroxylation sites is 1. The number of likely N-dealkylation sites (N-methyl/N-ethyl adjacent to an activating group) is 1. The van der Waals surface area contributed by atoms with E-state index in [0.29, 0.717) is 22.9 Å². The average molecular weight is 1030 g/mol. The van der Waals surface area contributed by atoms with Gasteiger partial charge in [-0.25, -0.2) is 9.59 Å². The molecule has 10 atom stereocenters. The van der Waals surface area contributed by atoms with Gasteiger partial charge in [0.15, 0.2) is 0 Å². The van der Waals surface area contributed by atoms with Crippen molar-refractivity contribution in [3.05, 3.63) is 108 Å². The summed E-state index contributed by atoms with van der Waals surface area (Å²) in [5.74, 6) is -12.1. The van der Waals surface area contributed by atoms with E-state index in [1.807, 2.05) is 50.3 Å². The number of H-pyrrole nitrogens is 1. The van der Waals surface area contributed by atoms with Crippen molar-refractivity contribution in [2.75, 3.05) is 14.2 Å². The Kier molecular flexibility index (Phi) is 21.9. The molecule has 2 aromatic carbocycles. The molecule has 0 radical (unpaired) electrons. The number of ether oxygens (including phenoxy) is 1. The van der Waals surface area contributed by atoms with Crippen LogP contribution >= 0.6 is 0 Å². The number of methoxy groups -OCH3 is 1. The van der Waals surface area contributed by atoms with Crippen LogP contribution in [-0.4, -0.2) is 130 Å². The molecule has 20 nitrogen and oxygen atoms in total. The number of carboxylic acids is 2. The van der Waals surface area contributed by atoms with Gasteiger partial charge >= 0.3 is 11.9 Å². The number of nitrogens with one attached hydrogen (secondary N) is 7. The summed E-state index contributed by atoms with van der Waals surface area (Å²) in [4.78, 5) is 127. The van der Waals surface area contributed by atoms with Crippen molar-refractivity contribution in [2.45, 2.75) is 123 Å². The average Bonchev–Trinajstić information content (AvgIpc) is 3.77. The topological polar surface area (TPSA) is 295 Å². The first-order chi connectivity index (χ1) is 34.9. The van der Waals surface area contributed by atoms with Crippen LogP contribution in [-0.2, 0) is 60.7 Å². The molecule has 2 heterocycles. The zero-order valence-electron chi connectivity index (χ0n) is 43.5. The number of carbonyl (C=O) groups is 9. The molecule has 10 unspecified atom stereocenters. The van der Waals surface area contributed by atoms with Gasteiger partial charge in [0.25, 0.3) is 5.91 Å². The Morgan fingerprint density at radius 2 is 1.41 bits per heavy atom. The number of benzene rings is 2. The molecule has 1 saturated heterocycles. The van der Waals surface area contributed by atoms with Crippen molar-refractivity contribution >= 4 is 64.2 Å². The third kappa shape index (κ3) is 16.7. The van der Waals surface area contributed by atoms with Crippen LogP contribution in [0.1, 0.15) is 78.9 Å². The minimum Gasteiger partial charge on any atom is -0.480 e. The Morgan fingerprint density at radius 1 is 0.784 bits per heavy atom. The fourth-order valence-electron chi connectivity index (χ4n) is 8.41. The summed E-state index contributed by atoms with van der Waals surface area (Å²) >= 11 is 0. The van der Waals surface area contributed by atoms with Crippen LogP contribution < -0.4 is 31.9 Å². The summed E-state index contributed by atoms with van der Waals surface area (Å²) in [5.41, 5.74) is 2.68. The number of nitrogens with zero attached hydrogens (tertiary/aromatic N) is 1. The molecule has 20 heteroatoms. The molecule has 1 aromatic heterocycles. The molecule has 74 heavy (non-hydrogen) atoms. The molecule has 9 N–H and O–H groups in total. The number of carbonyl (C=O) groups excluding carboxylic acids is 7. The molecule has 1 fully saturated rings. The SMILES string of the molecule is C=C1C(=O)NC(C)C(=O)NC(Cc2c[nH]c3ccccc23)C(=O)NC(C(=O)O)C(C)C(=O)NC(CC(C)C)C(=O)NC(C=CC(C)=CC(C)C(Cc2ccccc2)OC)C(C)C(=O)NC(C(=O)O)CCC(=O)N1C. The lowest BCUT2D eigenvalue weighted by molar-refractivity contribution is -0.146. The molecule has 7 amide bonds. The van der Waals surface area contributed by atoms with E-state index in [0.717, 1.165) is 16.0 Å². The Bertz CT molecular complexity index is 2590. The molecular formula is C54H72N8O12. The molecule has 400 valence electrons. The highest BCUT2D eigenvalue weighted by Crippen LogP contribution is 2.21. The van der Waals surface area contributed by atoms with Crippen LogP contribution in [0.2, 0.25) is 0 Å². The minimum atomic E-state index is -1.89. The number of hydrogen-bond acceptors (Lipinski definition) is 10. The molecule has 0 aliphatic carbocycles. The maximum Gasteiger partial charge on any atom is 0.327 e. The van der Waals surface area contributed by atoms with E-state index in [1.54, 1.807) is 63.6 Å². The van der Waals surface area contributed by atoms with E-state index in [4.69, 9.17) is 4.74 Å². The van der Waals surface area contributed by atoms with Crippen LogP contribution in [0.5, 0.6) is 0 Å². The summed E-state index contributed by atoms with van der Waals surface area (Å²) in [6.07, 6.45) is 6.26. The zero-order valence-corrected chi connectivity index (χ0v) is 43.5. The predicted molar refractivity (Wildman–Crippen MR) is 276 cm³/mol. The van der Waals surface area contributed by atoms with Gasteiger partial charge in [0, 0.05) is 50.0 Å². The molecule has 1 aliphatic heterocycles. The Balaban J connectivity index is 1.75. The third-order valence-electron chi connectivity index (χ3n) is 13.1. The highest BCUT2D eigenvalue weighted by atomic mass is 16.5. The predicted octanol–water partition coefficient (Wildman–Crippen LogP) is 3.29. The maximum absolute atomic E-state index is 14.4. The van der Waals surface area contributed by atoms with E-state index in [9.17, 15) is 53.4 Å². The number of aromatic nitrogens is 1. The summed E-state index contributed by atoms with van der Waals surface area (Å²) in [7, 11) is 2.85. The van der Waals surface area contributed by atoms with Gasteiger partial charge in [0.05, 0.1) is 24.0 Å². The standard InChI is InChI=1S/C54H72N8O12/c1-29(2)24-42-51(68)57-39(21-20-30(3)25-31(4)44(74-10)26-36-16-12-11-13-17-36)32(5)47(64)58-41(53(70)71)22-23-45(63)62(9)35(8)50(67)56-34(7)49(66)60-43(27-37-28-55-40-19-15-14-18-38(37)40)52(69)61-46(54(72)73)33(6)48(65)59-42/h11-21,25,28-29,31-34,39,41-44,46,55H,8,22-24,26-27H2,1-7,9-10H3,(H,56,67)(H,57,68)(H,58,64)(H,59,65)(H,60,66)(H,61,69)(H,70,71)(H,72,73). The first-order valence-corrected chi connectivity index (χ1v) is 24.6. The quantitative estimate of drug-likeness (QED) is 0.0881. The van der Waals surface area contributed by atoms with Crippen LogP contribution in [0.4, 0.5) is 0 Å². The van der Waals surface area contributed by atoms with Crippen molar-refractivity contribution in [3.8, 4) is 0 Å². The Morgan fingerprint density at radius 3 is 2.04 bits per heavy atom. The van der Waals surface area contributed by atoms with Crippen LogP contribution in [0.3, 0.4) is 0 Å². The summed E-state index contributed by atoms with van der Waals surface area (Å²) in [6.45, 7) is 15.1. The largest absolute Gasteiger partial charge is 0.480 e. The first-order valence-electron chi connectivity index (χ1n) is 24.6. The van der Waals surface area contributed by atoms with Gasteiger partial charge in [-0.1, -0.05) is 114 Å². The fourth-order valence-corrected chi connectivity index (χ4v) is 8.41. The molecular weight excluding hydrogens is 953 g/mol. The van der Waals surface area contributed by atoms with Crippen LogP contribution in [0.25, 0.3) is 10.9 Å². The van der Waals surface area contributed by atoms with E-state index >= 15 is 0 Å². The van der Waals surface area contributed by atoms with Crippen molar-refractivity contribution in [2.24, 2.45) is 23.7 Å². The molecule has 1 aliphatic rings. The fraction of sp³-hybridized carbons (Fsp3) is 0.463. The monoisotopic (exact) mass is 1020 g/mol. The normalized spacial score (nSPS) is 24.9. The van der Waals surface area contributed by atoms with Gasteiger partial charge in [-0.3, -0.25) is 33.6 Å². The first kappa shape index (κ1) is 59.0. The van der Waals surface area contributed by atoms with Crippen molar-refractivity contribution in [1.29, 1.82) is 0 Å². The third-order valence-corrected chi connectivity index (χ3v) is 13.1. The van der Waals surface area contributed by atoms with Gasteiger partial charge in [-0.15, -0.1) is 0 Å². The van der Waals surface area contributed by atoms with Gasteiger partial charge in [-0.05, 0) is 56.2 Å². The number of fused-ring (bicyclic) bond motifs is 1. The second-order valence-corrected chi connectivity index (χ2v) is 19.4. The highest BCUT2D eigenvalue weighted by molar-refractivity contribution is 6.00. The lowest BCUT2D eigenvalue weighted by Crippen LogP contribution is -2.59. The number of amides is 7. The molecule has 0 bridgehead atoms. The lowest BCUT2D eigenvalue weighted by Gasteiger charge is -2.29. The second kappa shape index (κ2) is 27.4. The van der Waals surface area contributed by atoms with E-state index in [-0.39, 0.29) is 30.8 Å². The Labute approximate surface area is 431 Å². The number of carboxylic acid groups (broad SMARTS) is 2. The Hall–Kier alpha value is -7.61. The molecule has 3 aromatic rings. The number of rotatable bonds is 13. The molecule has 0 saturated carbocycles. The van der Waals surface area contributed by atoms with Gasteiger partial charge in [-0.2, -0.15) is 0 Å². The summed E-state index contributed by atoms with van der Waals surface area (Å²) in [6, 6.07) is 8.20. The highest BCUT2D eigenvalue weighted by Gasteiger charge is 2.38.